The summed E-state index contributed by atoms with van der Waals surface area (Å²) in [6.45, 7) is 1.64. The van der Waals surface area contributed by atoms with Crippen LogP contribution in [-0.2, 0) is 22.7 Å². The molecule has 1 aliphatic rings. The first-order valence-corrected chi connectivity index (χ1v) is 4.83. The molecule has 5 nitrogen and oxygen atoms in total. The molecule has 82 valence electrons. The molecule has 0 unspecified atom stereocenters. The van der Waals surface area contributed by atoms with Crippen LogP contribution in [0.1, 0.15) is 11.5 Å². The van der Waals surface area contributed by atoms with E-state index in [1.165, 1.54) is 0 Å². The van der Waals surface area contributed by atoms with Crippen LogP contribution in [-0.4, -0.2) is 35.7 Å². The van der Waals surface area contributed by atoms with Gasteiger partial charge in [0.1, 0.15) is 24.7 Å². The van der Waals surface area contributed by atoms with Gasteiger partial charge in [-0.1, -0.05) is 0 Å². The normalized spacial score (nSPS) is 17.1. The van der Waals surface area contributed by atoms with Gasteiger partial charge in [-0.05, 0) is 12.1 Å². The van der Waals surface area contributed by atoms with Crippen LogP contribution in [0.15, 0.2) is 16.5 Å². The summed E-state index contributed by atoms with van der Waals surface area (Å²) < 4.78 is 10.3. The third kappa shape index (κ3) is 2.37. The van der Waals surface area contributed by atoms with E-state index in [0.29, 0.717) is 31.2 Å². The Kier molecular flexibility index (Phi) is 3.03. The number of nitrogens with zero attached hydrogens (tertiary/aromatic N) is 1. The van der Waals surface area contributed by atoms with Gasteiger partial charge >= 0.3 is 0 Å². The standard InChI is InChI=1S/C10H13NO4/c12-6-9-2-1-8(15-9)5-11-3-4-14-7-10(11)13/h1-2,12H,3-7H2. The maximum absolute atomic E-state index is 11.4. The number of carbonyl (C=O) groups excluding carboxylic acids is 1. The van der Waals surface area contributed by atoms with E-state index < -0.39 is 0 Å². The number of aliphatic hydroxyl groups excluding tert-OH is 1. The molecule has 0 aromatic carbocycles. The second-order valence-electron chi connectivity index (χ2n) is 3.39. The van der Waals surface area contributed by atoms with Crippen LogP contribution >= 0.6 is 0 Å². The summed E-state index contributed by atoms with van der Waals surface area (Å²) in [5, 5.41) is 8.81. The second-order valence-corrected chi connectivity index (χ2v) is 3.39. The molecule has 1 aromatic heterocycles. The number of morpholine rings is 1. The van der Waals surface area contributed by atoms with Crippen LogP contribution in [0, 0.1) is 0 Å². The second kappa shape index (κ2) is 4.46. The van der Waals surface area contributed by atoms with Crippen molar-refractivity contribution in [2.24, 2.45) is 0 Å². The van der Waals surface area contributed by atoms with Crippen molar-refractivity contribution in [3.63, 3.8) is 0 Å². The van der Waals surface area contributed by atoms with E-state index in [2.05, 4.69) is 0 Å². The minimum atomic E-state index is -0.114. The lowest BCUT2D eigenvalue weighted by atomic mass is 10.3. The Balaban J connectivity index is 1.98. The van der Waals surface area contributed by atoms with E-state index in [9.17, 15) is 4.79 Å². The quantitative estimate of drug-likeness (QED) is 0.772. The molecule has 1 aromatic rings. The van der Waals surface area contributed by atoms with Crippen molar-refractivity contribution in [3.05, 3.63) is 23.7 Å². The summed E-state index contributed by atoms with van der Waals surface area (Å²) in [6, 6.07) is 3.48. The fraction of sp³-hybridized carbons (Fsp3) is 0.500. The fourth-order valence-electron chi connectivity index (χ4n) is 1.50. The summed E-state index contributed by atoms with van der Waals surface area (Å²) in [7, 11) is 0. The monoisotopic (exact) mass is 211 g/mol. The number of ether oxygens (including phenoxy) is 1. The Labute approximate surface area is 87.2 Å². The van der Waals surface area contributed by atoms with Gasteiger partial charge in [0.15, 0.2) is 0 Å². The lowest BCUT2D eigenvalue weighted by Crippen LogP contribution is -2.40. The van der Waals surface area contributed by atoms with E-state index in [1.807, 2.05) is 0 Å². The maximum Gasteiger partial charge on any atom is 0.249 e. The molecular formula is C10H13NO4. The largest absolute Gasteiger partial charge is 0.462 e. The molecule has 15 heavy (non-hydrogen) atoms. The molecule has 1 aliphatic heterocycles. The van der Waals surface area contributed by atoms with Crippen LogP contribution < -0.4 is 0 Å². The van der Waals surface area contributed by atoms with Crippen molar-refractivity contribution in [1.29, 1.82) is 0 Å². The predicted octanol–water partition coefficient (Wildman–Crippen LogP) is 0.131. The Hall–Kier alpha value is -1.33. The molecule has 2 heterocycles. The number of rotatable bonds is 3. The molecule has 2 rings (SSSR count). The minimum Gasteiger partial charge on any atom is -0.462 e. The predicted molar refractivity (Wildman–Crippen MR) is 50.9 cm³/mol. The zero-order chi connectivity index (χ0) is 10.7. The Morgan fingerprint density at radius 1 is 1.40 bits per heavy atom. The molecule has 0 bridgehead atoms. The van der Waals surface area contributed by atoms with Crippen molar-refractivity contribution in [2.45, 2.75) is 13.2 Å². The number of hydrogen-bond donors (Lipinski definition) is 1. The number of carbonyl (C=O) groups is 1. The van der Waals surface area contributed by atoms with Crippen molar-refractivity contribution in [1.82, 2.24) is 4.90 Å². The van der Waals surface area contributed by atoms with Crippen molar-refractivity contribution in [3.8, 4) is 0 Å². The Morgan fingerprint density at radius 3 is 2.87 bits per heavy atom. The van der Waals surface area contributed by atoms with Gasteiger partial charge in [-0.2, -0.15) is 0 Å². The summed E-state index contributed by atoms with van der Waals surface area (Å²) in [5.74, 6) is 1.18. The zero-order valence-electron chi connectivity index (χ0n) is 8.31. The number of hydrogen-bond acceptors (Lipinski definition) is 4. The molecule has 1 amide bonds. The van der Waals surface area contributed by atoms with Gasteiger partial charge in [0, 0.05) is 6.54 Å². The molecule has 5 heteroatoms. The average molecular weight is 211 g/mol. The number of amides is 1. The third-order valence-corrected chi connectivity index (χ3v) is 2.30. The van der Waals surface area contributed by atoms with Gasteiger partial charge in [0.25, 0.3) is 0 Å². The Morgan fingerprint density at radius 2 is 2.20 bits per heavy atom. The topological polar surface area (TPSA) is 62.9 Å². The molecular weight excluding hydrogens is 198 g/mol. The molecule has 0 saturated carbocycles. The highest BCUT2D eigenvalue weighted by atomic mass is 16.5. The average Bonchev–Trinajstić information content (AvgIpc) is 2.69. The molecule has 1 N–H and O–H groups in total. The highest BCUT2D eigenvalue weighted by molar-refractivity contribution is 5.77. The zero-order valence-corrected chi connectivity index (χ0v) is 8.31. The van der Waals surface area contributed by atoms with Crippen LogP contribution in [0.25, 0.3) is 0 Å². The molecule has 0 aliphatic carbocycles. The van der Waals surface area contributed by atoms with E-state index in [1.54, 1.807) is 17.0 Å². The van der Waals surface area contributed by atoms with Crippen LogP contribution in [0.2, 0.25) is 0 Å². The van der Waals surface area contributed by atoms with Crippen LogP contribution in [0.3, 0.4) is 0 Å². The SMILES string of the molecule is O=C1COCCN1Cc1ccc(CO)o1. The molecule has 1 saturated heterocycles. The fourth-order valence-corrected chi connectivity index (χ4v) is 1.50. The van der Waals surface area contributed by atoms with Crippen LogP contribution in [0.4, 0.5) is 0 Å². The third-order valence-electron chi connectivity index (χ3n) is 2.30. The Bertz CT molecular complexity index is 347. The summed E-state index contributed by atoms with van der Waals surface area (Å²) in [6.07, 6.45) is 0. The van der Waals surface area contributed by atoms with Gasteiger partial charge in [0.2, 0.25) is 5.91 Å². The molecule has 1 fully saturated rings. The lowest BCUT2D eigenvalue weighted by molar-refractivity contribution is -0.143. The number of furan rings is 1. The van der Waals surface area contributed by atoms with Crippen molar-refractivity contribution >= 4 is 5.91 Å². The lowest BCUT2D eigenvalue weighted by Gasteiger charge is -2.25. The summed E-state index contributed by atoms with van der Waals surface area (Å²) in [4.78, 5) is 13.1. The summed E-state index contributed by atoms with van der Waals surface area (Å²) in [5.41, 5.74) is 0. The van der Waals surface area contributed by atoms with E-state index in [0.717, 1.165) is 0 Å². The van der Waals surface area contributed by atoms with Crippen molar-refractivity contribution in [2.75, 3.05) is 19.8 Å². The highest BCUT2D eigenvalue weighted by Gasteiger charge is 2.19. The molecule has 0 radical (unpaired) electrons. The maximum atomic E-state index is 11.4. The van der Waals surface area contributed by atoms with E-state index in [4.69, 9.17) is 14.3 Å². The first-order valence-electron chi connectivity index (χ1n) is 4.83. The number of aliphatic hydroxyl groups is 1. The van der Waals surface area contributed by atoms with Gasteiger partial charge in [-0.25, -0.2) is 0 Å². The van der Waals surface area contributed by atoms with Gasteiger partial charge in [-0.3, -0.25) is 4.79 Å². The van der Waals surface area contributed by atoms with Crippen molar-refractivity contribution < 1.29 is 19.1 Å². The van der Waals surface area contributed by atoms with E-state index in [-0.39, 0.29) is 19.1 Å². The van der Waals surface area contributed by atoms with Gasteiger partial charge in [-0.15, -0.1) is 0 Å². The van der Waals surface area contributed by atoms with Gasteiger partial charge < -0.3 is 19.2 Å². The van der Waals surface area contributed by atoms with Crippen LogP contribution in [0.5, 0.6) is 0 Å². The minimum absolute atomic E-state index is 0.0248. The highest BCUT2D eigenvalue weighted by Crippen LogP contribution is 2.12. The van der Waals surface area contributed by atoms with E-state index >= 15 is 0 Å². The first-order chi connectivity index (χ1) is 7.29. The molecule has 0 atom stereocenters. The summed E-state index contributed by atoms with van der Waals surface area (Å²) >= 11 is 0. The first kappa shape index (κ1) is 10.2. The van der Waals surface area contributed by atoms with Gasteiger partial charge in [0.05, 0.1) is 13.2 Å². The molecule has 0 spiro atoms. The smallest absolute Gasteiger partial charge is 0.249 e.